The zero-order chi connectivity index (χ0) is 13.8. The van der Waals surface area contributed by atoms with Gasteiger partial charge in [-0.05, 0) is 13.0 Å². The summed E-state index contributed by atoms with van der Waals surface area (Å²) in [6.07, 6.45) is 0. The molecule has 1 aromatic carbocycles. The smallest absolute Gasteiger partial charge is 0.357 e. The van der Waals surface area contributed by atoms with Crippen molar-refractivity contribution in [2.24, 2.45) is 0 Å². The van der Waals surface area contributed by atoms with E-state index in [1.165, 1.54) is 0 Å². The summed E-state index contributed by atoms with van der Waals surface area (Å²) >= 11 is 0. The number of hydrogen-bond acceptors (Lipinski definition) is 4. The minimum atomic E-state index is -1.15. The molecule has 0 radical (unpaired) electrons. The van der Waals surface area contributed by atoms with Gasteiger partial charge in [-0.15, -0.1) is 0 Å². The second-order valence-electron chi connectivity index (χ2n) is 3.92. The number of carboxylic acid groups (broad SMARTS) is 1. The van der Waals surface area contributed by atoms with Crippen LogP contribution in [0.2, 0.25) is 0 Å². The number of carbonyl (C=O) groups is 1. The number of aromatic nitrogens is 2. The first-order chi connectivity index (χ1) is 9.15. The van der Waals surface area contributed by atoms with Crippen LogP contribution in [0.4, 0.5) is 0 Å². The van der Waals surface area contributed by atoms with E-state index in [0.29, 0.717) is 24.0 Å². The number of benzene rings is 1. The lowest BCUT2D eigenvalue weighted by Gasteiger charge is -2.08. The quantitative estimate of drug-likeness (QED) is 0.817. The first kappa shape index (κ1) is 13.2. The van der Waals surface area contributed by atoms with Gasteiger partial charge in [-0.2, -0.15) is 5.10 Å². The molecule has 0 unspecified atom stereocenters. The molecule has 0 fully saturated rings. The van der Waals surface area contributed by atoms with Gasteiger partial charge in [0.25, 0.3) is 5.56 Å². The van der Waals surface area contributed by atoms with Crippen molar-refractivity contribution in [3.8, 4) is 0 Å². The minimum Gasteiger partial charge on any atom is -0.476 e. The maximum absolute atomic E-state index is 12.1. The molecule has 1 aromatic heterocycles. The molecule has 1 N–H and O–H groups in total. The molecule has 0 saturated carbocycles. The van der Waals surface area contributed by atoms with Crippen molar-refractivity contribution < 1.29 is 14.6 Å². The van der Waals surface area contributed by atoms with Gasteiger partial charge < -0.3 is 9.84 Å². The Labute approximate surface area is 109 Å². The Kier molecular flexibility index (Phi) is 3.91. The molecule has 6 heteroatoms. The van der Waals surface area contributed by atoms with Crippen LogP contribution in [0.25, 0.3) is 10.8 Å². The van der Waals surface area contributed by atoms with Crippen molar-refractivity contribution in [1.29, 1.82) is 0 Å². The van der Waals surface area contributed by atoms with E-state index in [4.69, 9.17) is 9.84 Å². The maximum atomic E-state index is 12.1. The lowest BCUT2D eigenvalue weighted by molar-refractivity contribution is 0.0688. The summed E-state index contributed by atoms with van der Waals surface area (Å²) < 4.78 is 6.30. The third-order valence-corrected chi connectivity index (χ3v) is 2.72. The highest BCUT2D eigenvalue weighted by atomic mass is 16.5. The molecule has 19 heavy (non-hydrogen) atoms. The lowest BCUT2D eigenvalue weighted by Crippen LogP contribution is -2.27. The highest BCUT2D eigenvalue weighted by Gasteiger charge is 2.15. The monoisotopic (exact) mass is 262 g/mol. The molecule has 1 heterocycles. The van der Waals surface area contributed by atoms with Crippen LogP contribution in [-0.2, 0) is 11.3 Å². The third kappa shape index (κ3) is 2.63. The van der Waals surface area contributed by atoms with E-state index in [-0.39, 0.29) is 17.8 Å². The lowest BCUT2D eigenvalue weighted by atomic mass is 10.1. The Morgan fingerprint density at radius 2 is 2.05 bits per heavy atom. The van der Waals surface area contributed by atoms with Crippen LogP contribution < -0.4 is 5.56 Å². The fraction of sp³-hybridized carbons (Fsp3) is 0.308. The molecule has 0 aliphatic carbocycles. The standard InChI is InChI=1S/C13H14N2O4/c1-2-19-8-7-15-12(16)10-6-4-3-5-9(10)11(14-15)13(17)18/h3-6H,2,7-8H2,1H3,(H,17,18). The van der Waals surface area contributed by atoms with Gasteiger partial charge in [-0.25, -0.2) is 9.48 Å². The molecular weight excluding hydrogens is 248 g/mol. The largest absolute Gasteiger partial charge is 0.476 e. The number of carboxylic acids is 1. The predicted octanol–water partition coefficient (Wildman–Crippen LogP) is 1.13. The summed E-state index contributed by atoms with van der Waals surface area (Å²) in [7, 11) is 0. The van der Waals surface area contributed by atoms with Crippen molar-refractivity contribution in [1.82, 2.24) is 9.78 Å². The molecule has 0 saturated heterocycles. The molecule has 0 bridgehead atoms. The molecule has 2 aromatic rings. The molecule has 0 aliphatic rings. The highest BCUT2D eigenvalue weighted by Crippen LogP contribution is 2.12. The summed E-state index contributed by atoms with van der Waals surface area (Å²) in [6, 6.07) is 6.56. The molecule has 2 rings (SSSR count). The zero-order valence-electron chi connectivity index (χ0n) is 10.5. The van der Waals surface area contributed by atoms with Gasteiger partial charge in [0.15, 0.2) is 5.69 Å². The summed E-state index contributed by atoms with van der Waals surface area (Å²) in [5, 5.41) is 13.8. The molecule has 0 amide bonds. The van der Waals surface area contributed by atoms with Gasteiger partial charge >= 0.3 is 5.97 Å². The Hall–Kier alpha value is -2.21. The van der Waals surface area contributed by atoms with E-state index in [1.54, 1.807) is 24.3 Å². The van der Waals surface area contributed by atoms with Gasteiger partial charge in [0.05, 0.1) is 18.5 Å². The SMILES string of the molecule is CCOCCn1nc(C(=O)O)c2ccccc2c1=O. The molecule has 100 valence electrons. The topological polar surface area (TPSA) is 81.4 Å². The Morgan fingerprint density at radius 3 is 2.68 bits per heavy atom. The van der Waals surface area contributed by atoms with Gasteiger partial charge in [-0.3, -0.25) is 4.79 Å². The van der Waals surface area contributed by atoms with Crippen molar-refractivity contribution in [2.45, 2.75) is 13.5 Å². The maximum Gasteiger partial charge on any atom is 0.357 e. The summed E-state index contributed by atoms with van der Waals surface area (Å²) in [4.78, 5) is 23.3. The molecule has 0 spiro atoms. The average molecular weight is 262 g/mol. The van der Waals surface area contributed by atoms with Crippen LogP contribution in [0, 0.1) is 0 Å². The van der Waals surface area contributed by atoms with Gasteiger partial charge in [0.2, 0.25) is 0 Å². The van der Waals surface area contributed by atoms with Crippen molar-refractivity contribution in [3.63, 3.8) is 0 Å². The van der Waals surface area contributed by atoms with E-state index >= 15 is 0 Å². The Bertz CT molecular complexity index is 663. The van der Waals surface area contributed by atoms with Gasteiger partial charge in [-0.1, -0.05) is 18.2 Å². The predicted molar refractivity (Wildman–Crippen MR) is 69.5 cm³/mol. The number of ether oxygens (including phenoxy) is 1. The number of rotatable bonds is 5. The second-order valence-corrected chi connectivity index (χ2v) is 3.92. The number of nitrogens with zero attached hydrogens (tertiary/aromatic N) is 2. The van der Waals surface area contributed by atoms with Crippen LogP contribution in [0.3, 0.4) is 0 Å². The third-order valence-electron chi connectivity index (χ3n) is 2.72. The van der Waals surface area contributed by atoms with Crippen LogP contribution in [-0.4, -0.2) is 34.1 Å². The van der Waals surface area contributed by atoms with Crippen LogP contribution in [0.1, 0.15) is 17.4 Å². The van der Waals surface area contributed by atoms with Crippen LogP contribution in [0.15, 0.2) is 29.1 Å². The molecule has 6 nitrogen and oxygen atoms in total. The van der Waals surface area contributed by atoms with E-state index in [1.807, 2.05) is 6.92 Å². The van der Waals surface area contributed by atoms with Crippen LogP contribution in [0.5, 0.6) is 0 Å². The van der Waals surface area contributed by atoms with Gasteiger partial charge in [0, 0.05) is 12.0 Å². The average Bonchev–Trinajstić information content (AvgIpc) is 2.41. The van der Waals surface area contributed by atoms with Gasteiger partial charge in [0.1, 0.15) is 0 Å². The Balaban J connectivity index is 2.56. The number of hydrogen-bond donors (Lipinski definition) is 1. The van der Waals surface area contributed by atoms with Crippen molar-refractivity contribution >= 4 is 16.7 Å². The molecule has 0 aliphatic heterocycles. The first-order valence-electron chi connectivity index (χ1n) is 5.96. The summed E-state index contributed by atoms with van der Waals surface area (Å²) in [6.45, 7) is 2.94. The fourth-order valence-corrected chi connectivity index (χ4v) is 1.84. The van der Waals surface area contributed by atoms with Crippen molar-refractivity contribution in [2.75, 3.05) is 13.2 Å². The second kappa shape index (κ2) is 5.62. The fourth-order valence-electron chi connectivity index (χ4n) is 1.84. The molecular formula is C13H14N2O4. The van der Waals surface area contributed by atoms with Crippen LogP contribution >= 0.6 is 0 Å². The minimum absolute atomic E-state index is 0.119. The molecule has 0 atom stereocenters. The van der Waals surface area contributed by atoms with E-state index in [2.05, 4.69) is 5.10 Å². The van der Waals surface area contributed by atoms with E-state index < -0.39 is 5.97 Å². The number of aromatic carboxylic acids is 1. The number of fused-ring (bicyclic) bond motifs is 1. The summed E-state index contributed by atoms with van der Waals surface area (Å²) in [5.74, 6) is -1.15. The first-order valence-corrected chi connectivity index (χ1v) is 5.96. The Morgan fingerprint density at radius 1 is 1.37 bits per heavy atom. The zero-order valence-corrected chi connectivity index (χ0v) is 10.5. The van der Waals surface area contributed by atoms with E-state index in [0.717, 1.165) is 4.68 Å². The highest BCUT2D eigenvalue weighted by molar-refractivity contribution is 6.01. The van der Waals surface area contributed by atoms with E-state index in [9.17, 15) is 9.59 Å². The normalized spacial score (nSPS) is 10.8. The van der Waals surface area contributed by atoms with Crippen molar-refractivity contribution in [3.05, 3.63) is 40.3 Å². The summed E-state index contributed by atoms with van der Waals surface area (Å²) in [5.41, 5.74) is -0.424.